The molecule has 1 rings (SSSR count). The third-order valence-corrected chi connectivity index (χ3v) is 3.92. The Kier molecular flexibility index (Phi) is 10.2. The first-order valence-corrected chi connectivity index (χ1v) is 8.80. The van der Waals surface area contributed by atoms with Gasteiger partial charge in [-0.3, -0.25) is 4.90 Å². The number of benzene rings is 1. The van der Waals surface area contributed by atoms with Gasteiger partial charge in [-0.15, -0.1) is 6.58 Å². The lowest BCUT2D eigenvalue weighted by Crippen LogP contribution is -2.35. The Morgan fingerprint density at radius 2 is 2.00 bits per heavy atom. The van der Waals surface area contributed by atoms with Gasteiger partial charge in [-0.1, -0.05) is 32.1 Å². The standard InChI is InChI=1S/C20H33NO4/c1-6-12-25-15-18(22)14-21(11-10-16(2)3)13-17-8-7-9-19(23-4)20(17)24-5/h6-9,16,18,22H,1,10-15H2,2-5H3/t18-/m0/s1. The zero-order valence-electron chi connectivity index (χ0n) is 16.0. The van der Waals surface area contributed by atoms with E-state index in [0.717, 1.165) is 30.0 Å². The Hall–Kier alpha value is -1.56. The van der Waals surface area contributed by atoms with Crippen molar-refractivity contribution in [3.8, 4) is 11.5 Å². The van der Waals surface area contributed by atoms with Crippen molar-refractivity contribution in [2.45, 2.75) is 32.9 Å². The molecular weight excluding hydrogens is 318 g/mol. The van der Waals surface area contributed by atoms with Crippen LogP contribution in [0.2, 0.25) is 0 Å². The average Bonchev–Trinajstić information content (AvgIpc) is 2.59. The maximum Gasteiger partial charge on any atom is 0.165 e. The molecule has 0 fully saturated rings. The number of aliphatic hydroxyl groups is 1. The smallest absolute Gasteiger partial charge is 0.165 e. The van der Waals surface area contributed by atoms with Crippen molar-refractivity contribution in [3.63, 3.8) is 0 Å². The molecule has 0 radical (unpaired) electrons. The highest BCUT2D eigenvalue weighted by Gasteiger charge is 2.17. The molecule has 0 aliphatic carbocycles. The number of ether oxygens (including phenoxy) is 3. The molecule has 0 aromatic heterocycles. The summed E-state index contributed by atoms with van der Waals surface area (Å²) in [5.41, 5.74) is 1.05. The third kappa shape index (κ3) is 7.90. The van der Waals surface area contributed by atoms with E-state index < -0.39 is 6.10 Å². The second kappa shape index (κ2) is 11.9. The van der Waals surface area contributed by atoms with E-state index in [2.05, 4.69) is 25.3 Å². The quantitative estimate of drug-likeness (QED) is 0.437. The van der Waals surface area contributed by atoms with Crippen molar-refractivity contribution in [2.75, 3.05) is 40.5 Å². The van der Waals surface area contributed by atoms with Crippen LogP contribution in [0.3, 0.4) is 0 Å². The predicted octanol–water partition coefficient (Wildman–Crippen LogP) is 3.12. The van der Waals surface area contributed by atoms with Gasteiger partial charge in [0.05, 0.1) is 33.5 Å². The van der Waals surface area contributed by atoms with Gasteiger partial charge in [-0.05, 0) is 24.9 Å². The number of hydrogen-bond acceptors (Lipinski definition) is 5. The Bertz CT molecular complexity index is 504. The van der Waals surface area contributed by atoms with Crippen molar-refractivity contribution in [1.29, 1.82) is 0 Å². The first-order chi connectivity index (χ1) is 12.0. The summed E-state index contributed by atoms with van der Waals surface area (Å²) in [6, 6.07) is 5.88. The van der Waals surface area contributed by atoms with Crippen molar-refractivity contribution in [2.24, 2.45) is 5.92 Å². The fourth-order valence-electron chi connectivity index (χ4n) is 2.63. The van der Waals surface area contributed by atoms with Gasteiger partial charge in [0, 0.05) is 18.7 Å². The van der Waals surface area contributed by atoms with E-state index in [0.29, 0.717) is 32.2 Å². The Labute approximate surface area is 152 Å². The predicted molar refractivity (Wildman–Crippen MR) is 101 cm³/mol. The Morgan fingerprint density at radius 1 is 1.24 bits per heavy atom. The van der Waals surface area contributed by atoms with Gasteiger partial charge in [0.1, 0.15) is 0 Å². The monoisotopic (exact) mass is 351 g/mol. The zero-order chi connectivity index (χ0) is 18.7. The lowest BCUT2D eigenvalue weighted by atomic mass is 10.1. The number of rotatable bonds is 13. The van der Waals surface area contributed by atoms with Crippen LogP contribution in [0.4, 0.5) is 0 Å². The molecular formula is C20H33NO4. The molecule has 0 spiro atoms. The van der Waals surface area contributed by atoms with Crippen LogP contribution in [-0.4, -0.2) is 56.6 Å². The van der Waals surface area contributed by atoms with Crippen LogP contribution in [0, 0.1) is 5.92 Å². The molecule has 0 saturated heterocycles. The maximum absolute atomic E-state index is 10.3. The molecule has 0 aliphatic rings. The van der Waals surface area contributed by atoms with Crippen LogP contribution in [0.1, 0.15) is 25.8 Å². The Balaban J connectivity index is 2.80. The Morgan fingerprint density at radius 3 is 2.60 bits per heavy atom. The van der Waals surface area contributed by atoms with Crippen LogP contribution in [0.15, 0.2) is 30.9 Å². The number of hydrogen-bond donors (Lipinski definition) is 1. The van der Waals surface area contributed by atoms with Gasteiger partial charge < -0.3 is 19.3 Å². The first kappa shape index (κ1) is 21.5. The molecule has 0 aliphatic heterocycles. The lowest BCUT2D eigenvalue weighted by Gasteiger charge is -2.27. The zero-order valence-corrected chi connectivity index (χ0v) is 16.0. The van der Waals surface area contributed by atoms with E-state index in [1.807, 2.05) is 18.2 Å². The largest absolute Gasteiger partial charge is 0.493 e. The summed E-state index contributed by atoms with van der Waals surface area (Å²) in [5.74, 6) is 2.07. The number of nitrogens with zero attached hydrogens (tertiary/aromatic N) is 1. The van der Waals surface area contributed by atoms with Gasteiger partial charge in [0.25, 0.3) is 0 Å². The molecule has 142 valence electrons. The van der Waals surface area contributed by atoms with E-state index in [1.54, 1.807) is 20.3 Å². The summed E-state index contributed by atoms with van der Waals surface area (Å²) in [4.78, 5) is 2.24. The van der Waals surface area contributed by atoms with E-state index in [1.165, 1.54) is 0 Å². The van der Waals surface area contributed by atoms with Crippen LogP contribution in [0.25, 0.3) is 0 Å². The highest BCUT2D eigenvalue weighted by molar-refractivity contribution is 5.46. The molecule has 5 nitrogen and oxygen atoms in total. The molecule has 25 heavy (non-hydrogen) atoms. The van der Waals surface area contributed by atoms with Crippen LogP contribution in [-0.2, 0) is 11.3 Å². The molecule has 1 N–H and O–H groups in total. The second-order valence-corrected chi connectivity index (χ2v) is 6.55. The minimum absolute atomic E-state index is 0.305. The minimum Gasteiger partial charge on any atom is -0.493 e. The summed E-state index contributed by atoms with van der Waals surface area (Å²) in [5, 5.41) is 10.3. The first-order valence-electron chi connectivity index (χ1n) is 8.80. The number of methoxy groups -OCH3 is 2. The van der Waals surface area contributed by atoms with Gasteiger partial charge in [0.15, 0.2) is 11.5 Å². The molecule has 0 unspecified atom stereocenters. The summed E-state index contributed by atoms with van der Waals surface area (Å²) in [6.07, 6.45) is 2.21. The van der Waals surface area contributed by atoms with Crippen LogP contribution in [0.5, 0.6) is 11.5 Å². The SMILES string of the molecule is C=CCOC[C@@H](O)CN(CCC(C)C)Cc1cccc(OC)c1OC. The van der Waals surface area contributed by atoms with E-state index in [4.69, 9.17) is 14.2 Å². The fourth-order valence-corrected chi connectivity index (χ4v) is 2.63. The fraction of sp³-hybridized carbons (Fsp3) is 0.600. The van der Waals surface area contributed by atoms with E-state index in [-0.39, 0.29) is 0 Å². The van der Waals surface area contributed by atoms with Gasteiger partial charge in [-0.2, -0.15) is 0 Å². The number of aliphatic hydroxyl groups excluding tert-OH is 1. The number of para-hydroxylation sites is 1. The maximum atomic E-state index is 10.3. The van der Waals surface area contributed by atoms with Gasteiger partial charge in [0.2, 0.25) is 0 Å². The molecule has 0 bridgehead atoms. The lowest BCUT2D eigenvalue weighted by molar-refractivity contribution is 0.0236. The average molecular weight is 351 g/mol. The molecule has 1 aromatic rings. The molecule has 0 heterocycles. The summed E-state index contributed by atoms with van der Waals surface area (Å²) < 4.78 is 16.3. The second-order valence-electron chi connectivity index (χ2n) is 6.55. The third-order valence-electron chi connectivity index (χ3n) is 3.92. The van der Waals surface area contributed by atoms with Crippen LogP contribution >= 0.6 is 0 Å². The summed E-state index contributed by atoms with van der Waals surface area (Å²) in [7, 11) is 3.29. The van der Waals surface area contributed by atoms with Crippen molar-refractivity contribution in [1.82, 2.24) is 4.90 Å². The van der Waals surface area contributed by atoms with Crippen molar-refractivity contribution < 1.29 is 19.3 Å². The van der Waals surface area contributed by atoms with Crippen molar-refractivity contribution in [3.05, 3.63) is 36.4 Å². The summed E-state index contributed by atoms with van der Waals surface area (Å²) >= 11 is 0. The van der Waals surface area contributed by atoms with E-state index in [9.17, 15) is 5.11 Å². The highest BCUT2D eigenvalue weighted by Crippen LogP contribution is 2.31. The van der Waals surface area contributed by atoms with Crippen LogP contribution < -0.4 is 9.47 Å². The molecule has 5 heteroatoms. The molecule has 0 amide bonds. The van der Waals surface area contributed by atoms with Crippen molar-refractivity contribution >= 4 is 0 Å². The minimum atomic E-state index is -0.538. The molecule has 1 aromatic carbocycles. The molecule has 1 atom stereocenters. The topological polar surface area (TPSA) is 51.2 Å². The highest BCUT2D eigenvalue weighted by atomic mass is 16.5. The van der Waals surface area contributed by atoms with E-state index >= 15 is 0 Å². The normalized spacial score (nSPS) is 12.4. The summed E-state index contributed by atoms with van der Waals surface area (Å²) in [6.45, 7) is 10.9. The van der Waals surface area contributed by atoms with Gasteiger partial charge in [-0.25, -0.2) is 0 Å². The van der Waals surface area contributed by atoms with Gasteiger partial charge >= 0.3 is 0 Å². The molecule has 0 saturated carbocycles.